The van der Waals surface area contributed by atoms with E-state index >= 15 is 0 Å². The number of hydrogen-bond donors (Lipinski definition) is 1. The van der Waals surface area contributed by atoms with Gasteiger partial charge in [0.15, 0.2) is 0 Å². The number of para-hydroxylation sites is 1. The molecule has 0 saturated carbocycles. The molecule has 0 fully saturated rings. The normalized spacial score (nSPS) is 10.6. The number of ether oxygens (including phenoxy) is 1. The number of aliphatic hydroxyl groups excluding tert-OH is 1. The third-order valence-corrected chi connectivity index (χ3v) is 3.59. The Morgan fingerprint density at radius 2 is 1.91 bits per heavy atom. The number of nitriles is 1. The minimum Gasteiger partial charge on any atom is -0.496 e. The topological polar surface area (TPSA) is 56.5 Å². The van der Waals surface area contributed by atoms with Crippen molar-refractivity contribution in [1.29, 1.82) is 5.26 Å². The van der Waals surface area contributed by atoms with Crippen molar-refractivity contribution >= 4 is 0 Å². The van der Waals surface area contributed by atoms with Crippen molar-refractivity contribution in [2.75, 3.05) is 20.3 Å². The van der Waals surface area contributed by atoms with Gasteiger partial charge in [-0.05, 0) is 23.8 Å². The smallest absolute Gasteiger partial charge is 0.124 e. The molecule has 1 N–H and O–H groups in total. The van der Waals surface area contributed by atoms with E-state index in [2.05, 4.69) is 0 Å². The molecule has 0 heterocycles. The van der Waals surface area contributed by atoms with Crippen LogP contribution in [0.5, 0.6) is 5.75 Å². The van der Waals surface area contributed by atoms with Gasteiger partial charge >= 0.3 is 0 Å². The monoisotopic (exact) mass is 314 g/mol. The van der Waals surface area contributed by atoms with E-state index in [9.17, 15) is 9.50 Å². The summed E-state index contributed by atoms with van der Waals surface area (Å²) in [5.74, 6) is 0.346. The Kier molecular flexibility index (Phi) is 6.10. The van der Waals surface area contributed by atoms with Crippen molar-refractivity contribution < 1.29 is 14.2 Å². The zero-order chi connectivity index (χ0) is 16.7. The number of rotatable bonds is 7. The molecule has 0 bridgehead atoms. The number of nitrogens with zero attached hydrogens (tertiary/aromatic N) is 2. The van der Waals surface area contributed by atoms with E-state index in [4.69, 9.17) is 10.00 Å². The van der Waals surface area contributed by atoms with Crippen LogP contribution < -0.4 is 4.74 Å². The fourth-order valence-corrected chi connectivity index (χ4v) is 2.46. The van der Waals surface area contributed by atoms with Gasteiger partial charge in [0, 0.05) is 25.2 Å². The molecule has 120 valence electrons. The molecule has 2 aromatic rings. The molecule has 0 spiro atoms. The van der Waals surface area contributed by atoms with Crippen LogP contribution in [-0.2, 0) is 13.1 Å². The van der Waals surface area contributed by atoms with Crippen molar-refractivity contribution in [3.05, 3.63) is 65.0 Å². The number of aliphatic hydroxyl groups is 1. The SMILES string of the molecule is COc1ccccc1CN(CCO)Cc1ccc(F)cc1C#N. The van der Waals surface area contributed by atoms with Crippen LogP contribution in [0.1, 0.15) is 16.7 Å². The fourth-order valence-electron chi connectivity index (χ4n) is 2.46. The second-order valence-corrected chi connectivity index (χ2v) is 5.16. The molecule has 2 aromatic carbocycles. The number of halogens is 1. The molecule has 0 aromatic heterocycles. The summed E-state index contributed by atoms with van der Waals surface area (Å²) in [7, 11) is 1.61. The number of hydrogen-bond acceptors (Lipinski definition) is 4. The van der Waals surface area contributed by atoms with Crippen LogP contribution in [0, 0.1) is 17.1 Å². The van der Waals surface area contributed by atoms with Gasteiger partial charge in [-0.1, -0.05) is 24.3 Å². The Bertz CT molecular complexity index is 698. The first-order chi connectivity index (χ1) is 11.2. The molecule has 0 saturated heterocycles. The zero-order valence-electron chi connectivity index (χ0n) is 13.0. The highest BCUT2D eigenvalue weighted by molar-refractivity contribution is 5.38. The van der Waals surface area contributed by atoms with Crippen molar-refractivity contribution in [3.63, 3.8) is 0 Å². The second kappa shape index (κ2) is 8.28. The van der Waals surface area contributed by atoms with Gasteiger partial charge in [-0.3, -0.25) is 4.90 Å². The number of methoxy groups -OCH3 is 1. The Morgan fingerprint density at radius 3 is 2.61 bits per heavy atom. The van der Waals surface area contributed by atoms with Crippen LogP contribution in [0.25, 0.3) is 0 Å². The third-order valence-electron chi connectivity index (χ3n) is 3.59. The predicted octanol–water partition coefficient (Wildman–Crippen LogP) is 2.70. The van der Waals surface area contributed by atoms with Crippen LogP contribution in [0.15, 0.2) is 42.5 Å². The van der Waals surface area contributed by atoms with Crippen LogP contribution in [0.2, 0.25) is 0 Å². The highest BCUT2D eigenvalue weighted by Gasteiger charge is 2.12. The quantitative estimate of drug-likeness (QED) is 0.854. The van der Waals surface area contributed by atoms with Gasteiger partial charge < -0.3 is 9.84 Å². The van der Waals surface area contributed by atoms with Gasteiger partial charge in [0.25, 0.3) is 0 Å². The molecular formula is C18H19FN2O2. The summed E-state index contributed by atoms with van der Waals surface area (Å²) in [6, 6.07) is 13.9. The molecule has 0 atom stereocenters. The zero-order valence-corrected chi connectivity index (χ0v) is 13.0. The van der Waals surface area contributed by atoms with E-state index in [1.807, 2.05) is 35.2 Å². The Balaban J connectivity index is 2.21. The highest BCUT2D eigenvalue weighted by Crippen LogP contribution is 2.21. The summed E-state index contributed by atoms with van der Waals surface area (Å²) in [6.45, 7) is 1.45. The lowest BCUT2D eigenvalue weighted by Crippen LogP contribution is -2.26. The Labute approximate surface area is 135 Å². The molecule has 0 aliphatic heterocycles. The molecular weight excluding hydrogens is 295 g/mol. The summed E-state index contributed by atoms with van der Waals surface area (Å²) in [5.41, 5.74) is 2.04. The van der Waals surface area contributed by atoms with Crippen LogP contribution in [0.4, 0.5) is 4.39 Å². The first kappa shape index (κ1) is 16.9. The summed E-state index contributed by atoms with van der Waals surface area (Å²) in [5, 5.41) is 18.4. The van der Waals surface area contributed by atoms with Crippen LogP contribution >= 0.6 is 0 Å². The van der Waals surface area contributed by atoms with E-state index in [1.165, 1.54) is 12.1 Å². The largest absolute Gasteiger partial charge is 0.496 e. The molecule has 0 radical (unpaired) electrons. The molecule has 5 heteroatoms. The third kappa shape index (κ3) is 4.52. The standard InChI is InChI=1S/C18H19FN2O2/c1-23-18-5-3-2-4-15(18)13-21(8-9-22)12-14-6-7-17(19)10-16(14)11-20/h2-7,10,22H,8-9,12-13H2,1H3. The Hall–Kier alpha value is -2.42. The minimum absolute atomic E-state index is 0.00176. The van der Waals surface area contributed by atoms with Gasteiger partial charge in [-0.25, -0.2) is 4.39 Å². The van der Waals surface area contributed by atoms with Gasteiger partial charge in [0.1, 0.15) is 11.6 Å². The molecule has 4 nitrogen and oxygen atoms in total. The van der Waals surface area contributed by atoms with Crippen LogP contribution in [0.3, 0.4) is 0 Å². The van der Waals surface area contributed by atoms with Crippen molar-refractivity contribution in [2.45, 2.75) is 13.1 Å². The lowest BCUT2D eigenvalue weighted by atomic mass is 10.1. The van der Waals surface area contributed by atoms with E-state index < -0.39 is 5.82 Å². The summed E-state index contributed by atoms with van der Waals surface area (Å²) in [4.78, 5) is 1.99. The van der Waals surface area contributed by atoms with E-state index in [0.29, 0.717) is 25.2 Å². The first-order valence-electron chi connectivity index (χ1n) is 7.31. The molecule has 2 rings (SSSR count). The summed E-state index contributed by atoms with van der Waals surface area (Å²) < 4.78 is 18.6. The second-order valence-electron chi connectivity index (χ2n) is 5.16. The summed E-state index contributed by atoms with van der Waals surface area (Å²) in [6.07, 6.45) is 0. The summed E-state index contributed by atoms with van der Waals surface area (Å²) >= 11 is 0. The van der Waals surface area contributed by atoms with E-state index in [-0.39, 0.29) is 6.61 Å². The average molecular weight is 314 g/mol. The maximum absolute atomic E-state index is 13.2. The average Bonchev–Trinajstić information content (AvgIpc) is 2.57. The number of benzene rings is 2. The predicted molar refractivity (Wildman–Crippen MR) is 85.3 cm³/mol. The van der Waals surface area contributed by atoms with Crippen molar-refractivity contribution in [1.82, 2.24) is 4.90 Å². The molecule has 0 unspecified atom stereocenters. The Morgan fingerprint density at radius 1 is 1.17 bits per heavy atom. The minimum atomic E-state index is -0.427. The van der Waals surface area contributed by atoms with Crippen molar-refractivity contribution in [2.24, 2.45) is 0 Å². The molecule has 0 aliphatic rings. The lowest BCUT2D eigenvalue weighted by molar-refractivity contribution is 0.182. The highest BCUT2D eigenvalue weighted by atomic mass is 19.1. The van der Waals surface area contributed by atoms with Gasteiger partial charge in [0.2, 0.25) is 0 Å². The van der Waals surface area contributed by atoms with Crippen molar-refractivity contribution in [3.8, 4) is 11.8 Å². The van der Waals surface area contributed by atoms with Gasteiger partial charge in [-0.2, -0.15) is 5.26 Å². The molecule has 0 aliphatic carbocycles. The molecule has 0 amide bonds. The van der Waals surface area contributed by atoms with E-state index in [1.54, 1.807) is 13.2 Å². The molecule has 23 heavy (non-hydrogen) atoms. The fraction of sp³-hybridized carbons (Fsp3) is 0.278. The first-order valence-corrected chi connectivity index (χ1v) is 7.31. The maximum Gasteiger partial charge on any atom is 0.124 e. The van der Waals surface area contributed by atoms with E-state index in [0.717, 1.165) is 16.9 Å². The lowest BCUT2D eigenvalue weighted by Gasteiger charge is -2.23. The van der Waals surface area contributed by atoms with Crippen LogP contribution in [-0.4, -0.2) is 30.3 Å². The van der Waals surface area contributed by atoms with Gasteiger partial charge in [-0.15, -0.1) is 0 Å². The maximum atomic E-state index is 13.2. The van der Waals surface area contributed by atoms with Gasteiger partial charge in [0.05, 0.1) is 25.3 Å².